The van der Waals surface area contributed by atoms with Crippen LogP contribution in [0.25, 0.3) is 11.0 Å². The Labute approximate surface area is 209 Å². The van der Waals surface area contributed by atoms with E-state index in [9.17, 15) is 9.59 Å². The summed E-state index contributed by atoms with van der Waals surface area (Å²) in [5.41, 5.74) is 2.56. The molecule has 0 radical (unpaired) electrons. The van der Waals surface area contributed by atoms with Gasteiger partial charge in [0.25, 0.3) is 5.91 Å². The quantitative estimate of drug-likeness (QED) is 0.355. The number of carbonyl (C=O) groups is 2. The molecule has 1 aromatic heterocycles. The van der Waals surface area contributed by atoms with Crippen LogP contribution in [0.3, 0.4) is 0 Å². The Morgan fingerprint density at radius 3 is 2.46 bits per heavy atom. The second-order valence-corrected chi connectivity index (χ2v) is 8.36. The van der Waals surface area contributed by atoms with Crippen molar-refractivity contribution in [3.8, 4) is 5.75 Å². The van der Waals surface area contributed by atoms with Gasteiger partial charge in [-0.2, -0.15) is 0 Å². The van der Waals surface area contributed by atoms with Gasteiger partial charge in [-0.05, 0) is 55.5 Å². The van der Waals surface area contributed by atoms with Gasteiger partial charge >= 0.3 is 0 Å². The molecule has 0 aliphatic heterocycles. The number of para-hydroxylation sites is 3. The monoisotopic (exact) mass is 490 g/mol. The molecule has 1 N–H and O–H groups in total. The second-order valence-electron chi connectivity index (χ2n) is 7.92. The van der Waals surface area contributed by atoms with Gasteiger partial charge in [-0.25, -0.2) is 4.98 Å². The molecule has 0 unspecified atom stereocenters. The molecular formula is C27H27ClN4O3. The number of amides is 2. The van der Waals surface area contributed by atoms with Crippen LogP contribution in [-0.2, 0) is 22.6 Å². The summed E-state index contributed by atoms with van der Waals surface area (Å²) >= 11 is 5.86. The molecule has 3 aromatic carbocycles. The summed E-state index contributed by atoms with van der Waals surface area (Å²) in [7, 11) is 0. The van der Waals surface area contributed by atoms with Gasteiger partial charge in [0.2, 0.25) is 5.91 Å². The fraction of sp³-hybridized carbons (Fsp3) is 0.222. The maximum absolute atomic E-state index is 13.2. The van der Waals surface area contributed by atoms with Gasteiger partial charge in [0.05, 0.1) is 11.0 Å². The van der Waals surface area contributed by atoms with Crippen LogP contribution in [0.5, 0.6) is 5.75 Å². The van der Waals surface area contributed by atoms with Crippen LogP contribution in [0.4, 0.5) is 5.69 Å². The van der Waals surface area contributed by atoms with E-state index >= 15 is 0 Å². The van der Waals surface area contributed by atoms with Crippen LogP contribution < -0.4 is 15.0 Å². The zero-order valence-electron chi connectivity index (χ0n) is 19.5. The van der Waals surface area contributed by atoms with Crippen molar-refractivity contribution in [3.05, 3.63) is 89.7 Å². The van der Waals surface area contributed by atoms with E-state index in [4.69, 9.17) is 21.3 Å². The van der Waals surface area contributed by atoms with Crippen molar-refractivity contribution in [2.75, 3.05) is 24.6 Å². The molecule has 0 saturated heterocycles. The molecule has 0 bridgehead atoms. The maximum Gasteiger partial charge on any atom is 0.257 e. The van der Waals surface area contributed by atoms with Crippen LogP contribution in [0.1, 0.15) is 12.7 Å². The molecule has 1 heterocycles. The van der Waals surface area contributed by atoms with Gasteiger partial charge in [-0.1, -0.05) is 41.9 Å². The van der Waals surface area contributed by atoms with Crippen LogP contribution in [-0.4, -0.2) is 41.1 Å². The van der Waals surface area contributed by atoms with E-state index in [1.165, 1.54) is 0 Å². The molecule has 0 aliphatic carbocycles. The molecule has 0 aliphatic rings. The highest BCUT2D eigenvalue weighted by Gasteiger charge is 2.18. The number of carbonyl (C=O) groups excluding carboxylic acids is 2. The molecule has 0 spiro atoms. The van der Waals surface area contributed by atoms with Gasteiger partial charge in [0.1, 0.15) is 18.1 Å². The summed E-state index contributed by atoms with van der Waals surface area (Å²) < 4.78 is 7.42. The highest BCUT2D eigenvalue weighted by molar-refractivity contribution is 6.30. The number of imidazole rings is 1. The van der Waals surface area contributed by atoms with Crippen molar-refractivity contribution >= 4 is 40.1 Å². The number of hydrogen-bond donors (Lipinski definition) is 1. The van der Waals surface area contributed by atoms with Crippen molar-refractivity contribution < 1.29 is 14.3 Å². The lowest BCUT2D eigenvalue weighted by atomic mass is 10.2. The molecule has 7 nitrogen and oxygen atoms in total. The van der Waals surface area contributed by atoms with Crippen molar-refractivity contribution in [3.63, 3.8) is 0 Å². The first-order valence-corrected chi connectivity index (χ1v) is 11.9. The molecule has 0 fully saturated rings. The van der Waals surface area contributed by atoms with Crippen LogP contribution in [0.2, 0.25) is 5.02 Å². The van der Waals surface area contributed by atoms with Gasteiger partial charge in [0.15, 0.2) is 6.61 Å². The van der Waals surface area contributed by atoms with Crippen molar-refractivity contribution in [2.45, 2.75) is 19.9 Å². The van der Waals surface area contributed by atoms with Gasteiger partial charge < -0.3 is 19.5 Å². The third-order valence-corrected chi connectivity index (χ3v) is 5.82. The summed E-state index contributed by atoms with van der Waals surface area (Å²) in [4.78, 5) is 32.0. The Balaban J connectivity index is 1.41. The zero-order chi connectivity index (χ0) is 24.6. The number of hydrogen-bond acceptors (Lipinski definition) is 4. The average Bonchev–Trinajstić information content (AvgIpc) is 3.22. The van der Waals surface area contributed by atoms with E-state index in [0.29, 0.717) is 30.3 Å². The number of rotatable bonds is 10. The number of aromatic nitrogens is 2. The Hall–Kier alpha value is -3.84. The summed E-state index contributed by atoms with van der Waals surface area (Å²) in [6.45, 7) is 2.95. The van der Waals surface area contributed by atoms with Crippen LogP contribution in [0, 0.1) is 0 Å². The Morgan fingerprint density at radius 2 is 1.71 bits per heavy atom. The fourth-order valence-electron chi connectivity index (χ4n) is 3.87. The van der Waals surface area contributed by atoms with Crippen molar-refractivity contribution in [2.24, 2.45) is 0 Å². The van der Waals surface area contributed by atoms with Crippen LogP contribution in [0.15, 0.2) is 78.9 Å². The van der Waals surface area contributed by atoms with E-state index in [1.54, 1.807) is 29.2 Å². The molecular weight excluding hydrogens is 464 g/mol. The van der Waals surface area contributed by atoms with Gasteiger partial charge in [-0.3, -0.25) is 9.59 Å². The van der Waals surface area contributed by atoms with E-state index in [0.717, 1.165) is 22.5 Å². The number of ether oxygens (including phenoxy) is 1. The van der Waals surface area contributed by atoms with Crippen molar-refractivity contribution in [1.29, 1.82) is 0 Å². The summed E-state index contributed by atoms with van der Waals surface area (Å²) in [6, 6.07) is 24.2. The van der Waals surface area contributed by atoms with Gasteiger partial charge in [-0.15, -0.1) is 0 Å². The molecule has 35 heavy (non-hydrogen) atoms. The maximum atomic E-state index is 13.2. The fourth-order valence-corrected chi connectivity index (χ4v) is 3.99. The number of anilines is 1. The molecule has 8 heteroatoms. The number of nitrogens with zero attached hydrogens (tertiary/aromatic N) is 3. The minimum absolute atomic E-state index is 0.0245. The number of benzene rings is 3. The minimum Gasteiger partial charge on any atom is -0.484 e. The highest BCUT2D eigenvalue weighted by Crippen LogP contribution is 2.19. The number of likely N-dealkylation sites (N-methyl/N-ethyl adjacent to an activating group) is 1. The summed E-state index contributed by atoms with van der Waals surface area (Å²) in [5, 5.41) is 3.46. The number of fused-ring (bicyclic) bond motifs is 1. The Bertz CT molecular complexity index is 1290. The first-order chi connectivity index (χ1) is 17.0. The predicted molar refractivity (Wildman–Crippen MR) is 138 cm³/mol. The summed E-state index contributed by atoms with van der Waals surface area (Å²) in [5.74, 6) is 1.05. The SMILES string of the molecule is CCN(C(=O)Cn1c(CCNC(=O)COc2ccc(Cl)cc2)nc2ccccc21)c1ccccc1. The van der Waals surface area contributed by atoms with E-state index in [2.05, 4.69) is 5.32 Å². The Kier molecular flexibility index (Phi) is 8.00. The number of nitrogens with one attached hydrogen (secondary N) is 1. The minimum atomic E-state index is -0.236. The van der Waals surface area contributed by atoms with E-state index in [-0.39, 0.29) is 25.0 Å². The first-order valence-electron chi connectivity index (χ1n) is 11.5. The lowest BCUT2D eigenvalue weighted by Gasteiger charge is -2.22. The molecule has 2 amide bonds. The lowest BCUT2D eigenvalue weighted by Crippen LogP contribution is -2.34. The predicted octanol–water partition coefficient (Wildman–Crippen LogP) is 4.48. The average molecular weight is 491 g/mol. The third kappa shape index (κ3) is 6.19. The number of halogens is 1. The van der Waals surface area contributed by atoms with Crippen LogP contribution >= 0.6 is 11.6 Å². The Morgan fingerprint density at radius 1 is 1.00 bits per heavy atom. The smallest absolute Gasteiger partial charge is 0.257 e. The normalized spacial score (nSPS) is 10.8. The molecule has 4 aromatic rings. The first kappa shape index (κ1) is 24.3. The zero-order valence-corrected chi connectivity index (χ0v) is 20.2. The summed E-state index contributed by atoms with van der Waals surface area (Å²) in [6.07, 6.45) is 0.478. The largest absolute Gasteiger partial charge is 0.484 e. The van der Waals surface area contributed by atoms with E-state index < -0.39 is 0 Å². The lowest BCUT2D eigenvalue weighted by molar-refractivity contribution is -0.123. The van der Waals surface area contributed by atoms with Gasteiger partial charge in [0, 0.05) is 30.2 Å². The van der Waals surface area contributed by atoms with E-state index in [1.807, 2.05) is 66.1 Å². The topological polar surface area (TPSA) is 76.5 Å². The molecule has 0 saturated carbocycles. The molecule has 4 rings (SSSR count). The third-order valence-electron chi connectivity index (χ3n) is 5.57. The molecule has 180 valence electrons. The van der Waals surface area contributed by atoms with Crippen molar-refractivity contribution in [1.82, 2.24) is 14.9 Å². The molecule has 0 atom stereocenters. The second kappa shape index (κ2) is 11.5. The standard InChI is InChI=1S/C27H27ClN4O3/c1-2-31(21-8-4-3-5-9-21)27(34)18-32-24-11-7-6-10-23(24)30-25(32)16-17-29-26(33)19-35-22-14-12-20(28)13-15-22/h3-15H,2,16-19H2,1H3,(H,29,33). The highest BCUT2D eigenvalue weighted by atomic mass is 35.5.